The average Bonchev–Trinajstić information content (AvgIpc) is 2.24. The normalized spacial score (nSPS) is 11.9. The molecule has 0 spiro atoms. The van der Waals surface area contributed by atoms with Crippen LogP contribution in [0.3, 0.4) is 0 Å². The number of nitrogens with zero attached hydrogens (tertiary/aromatic N) is 1. The fourth-order valence-corrected chi connectivity index (χ4v) is 1.68. The van der Waals surface area contributed by atoms with E-state index in [0.29, 0.717) is 0 Å². The lowest BCUT2D eigenvalue weighted by atomic mass is 10.1. The monoisotopic (exact) mass is 321 g/mol. The van der Waals surface area contributed by atoms with Crippen molar-refractivity contribution in [2.45, 2.75) is 6.18 Å². The van der Waals surface area contributed by atoms with E-state index in [0.717, 1.165) is 6.07 Å². The first kappa shape index (κ1) is 14.8. The summed E-state index contributed by atoms with van der Waals surface area (Å²) < 4.78 is 37.8. The molecule has 0 fully saturated rings. The van der Waals surface area contributed by atoms with Crippen LogP contribution in [0.15, 0.2) is 34.9 Å². The number of hydrogen-bond acceptors (Lipinski definition) is 2. The van der Waals surface area contributed by atoms with Crippen molar-refractivity contribution in [2.24, 2.45) is 0 Å². The van der Waals surface area contributed by atoms with E-state index in [-0.39, 0.29) is 10.0 Å². The van der Waals surface area contributed by atoms with Crippen molar-refractivity contribution in [3.05, 3.63) is 46.1 Å². The number of benzene rings is 1. The second-order valence-electron chi connectivity index (χ2n) is 3.84. The molecule has 0 aliphatic carbocycles. The fraction of sp³-hybridized carbons (Fsp3) is 0.250. The van der Waals surface area contributed by atoms with E-state index in [9.17, 15) is 18.0 Å². The molecule has 0 bridgehead atoms. The lowest BCUT2D eigenvalue weighted by molar-refractivity contribution is -0.138. The molecule has 6 heteroatoms. The quantitative estimate of drug-likeness (QED) is 0.624. The molecule has 0 aromatic heterocycles. The van der Waals surface area contributed by atoms with Crippen LogP contribution in [0.2, 0.25) is 0 Å². The zero-order valence-corrected chi connectivity index (χ0v) is 11.3. The Morgan fingerprint density at radius 1 is 1.33 bits per heavy atom. The number of carbonyl (C=O) groups is 1. The Morgan fingerprint density at radius 2 is 1.94 bits per heavy atom. The Hall–Kier alpha value is -1.30. The molecule has 18 heavy (non-hydrogen) atoms. The van der Waals surface area contributed by atoms with Gasteiger partial charge in [0.25, 0.3) is 0 Å². The summed E-state index contributed by atoms with van der Waals surface area (Å²) in [6.07, 6.45) is -1.78. The van der Waals surface area contributed by atoms with Gasteiger partial charge in [0.2, 0.25) is 0 Å². The van der Waals surface area contributed by atoms with E-state index in [4.69, 9.17) is 0 Å². The third kappa shape index (κ3) is 3.87. The largest absolute Gasteiger partial charge is 0.417 e. The molecule has 0 N–H and O–H groups in total. The highest BCUT2D eigenvalue weighted by atomic mass is 79.9. The lowest BCUT2D eigenvalue weighted by Gasteiger charge is -2.10. The van der Waals surface area contributed by atoms with E-state index in [1.165, 1.54) is 24.4 Å². The van der Waals surface area contributed by atoms with Gasteiger partial charge in [-0.1, -0.05) is 15.9 Å². The van der Waals surface area contributed by atoms with Crippen LogP contribution >= 0.6 is 15.9 Å². The topological polar surface area (TPSA) is 20.3 Å². The number of allylic oxidation sites excluding steroid dienone is 1. The molecule has 0 saturated heterocycles. The first-order chi connectivity index (χ1) is 8.21. The minimum atomic E-state index is -4.49. The molecule has 0 unspecified atom stereocenters. The van der Waals surface area contributed by atoms with Crippen LogP contribution in [0, 0.1) is 0 Å². The Kier molecular flexibility index (Phi) is 4.56. The molecule has 1 aromatic rings. The van der Waals surface area contributed by atoms with Crippen LogP contribution in [0.4, 0.5) is 13.2 Å². The smallest absolute Gasteiger partial charge is 0.383 e. The molecule has 0 atom stereocenters. The van der Waals surface area contributed by atoms with Crippen molar-refractivity contribution in [1.29, 1.82) is 0 Å². The molecule has 0 amide bonds. The molecule has 98 valence electrons. The summed E-state index contributed by atoms with van der Waals surface area (Å²) in [7, 11) is 3.43. The second-order valence-corrected chi connectivity index (χ2v) is 4.69. The SMILES string of the molecule is CN(C)C=CC(=O)c1ccc(Br)c(C(F)(F)F)c1. The first-order valence-corrected chi connectivity index (χ1v) is 5.77. The second kappa shape index (κ2) is 5.56. The summed E-state index contributed by atoms with van der Waals surface area (Å²) in [6, 6.07) is 3.41. The number of ketones is 1. The molecule has 0 saturated carbocycles. The molecule has 1 aromatic carbocycles. The third-order valence-corrected chi connectivity index (χ3v) is 2.77. The Bertz CT molecular complexity index is 481. The maximum absolute atomic E-state index is 12.6. The van der Waals surface area contributed by atoms with Crippen molar-refractivity contribution in [3.8, 4) is 0 Å². The van der Waals surface area contributed by atoms with E-state index < -0.39 is 17.5 Å². The van der Waals surface area contributed by atoms with Gasteiger partial charge in [-0.15, -0.1) is 0 Å². The molecule has 0 heterocycles. The average molecular weight is 322 g/mol. The molecule has 2 nitrogen and oxygen atoms in total. The van der Waals surface area contributed by atoms with Gasteiger partial charge < -0.3 is 4.90 Å². The molecule has 1 rings (SSSR count). The van der Waals surface area contributed by atoms with Crippen molar-refractivity contribution in [3.63, 3.8) is 0 Å². The number of alkyl halides is 3. The van der Waals surface area contributed by atoms with Gasteiger partial charge in [0.05, 0.1) is 5.56 Å². The van der Waals surface area contributed by atoms with Crippen LogP contribution in [0.25, 0.3) is 0 Å². The van der Waals surface area contributed by atoms with Crippen LogP contribution < -0.4 is 0 Å². The molecular formula is C12H11BrF3NO. The summed E-state index contributed by atoms with van der Waals surface area (Å²) in [5.74, 6) is -0.471. The molecule has 0 radical (unpaired) electrons. The number of halogens is 4. The van der Waals surface area contributed by atoms with Crippen molar-refractivity contribution >= 4 is 21.7 Å². The van der Waals surface area contributed by atoms with Crippen molar-refractivity contribution in [2.75, 3.05) is 14.1 Å². The maximum atomic E-state index is 12.6. The predicted octanol–water partition coefficient (Wildman–Crippen LogP) is 3.73. The van der Waals surface area contributed by atoms with Gasteiger partial charge >= 0.3 is 6.18 Å². The van der Waals surface area contributed by atoms with Crippen molar-refractivity contribution in [1.82, 2.24) is 4.90 Å². The van der Waals surface area contributed by atoms with Crippen LogP contribution in [0.5, 0.6) is 0 Å². The highest BCUT2D eigenvalue weighted by Crippen LogP contribution is 2.35. The summed E-state index contributed by atoms with van der Waals surface area (Å²) in [5, 5.41) is 0. The van der Waals surface area contributed by atoms with Gasteiger partial charge in [-0.25, -0.2) is 0 Å². The Morgan fingerprint density at radius 3 is 2.44 bits per heavy atom. The van der Waals surface area contributed by atoms with E-state index >= 15 is 0 Å². The van der Waals surface area contributed by atoms with Gasteiger partial charge in [-0.05, 0) is 18.2 Å². The Balaban J connectivity index is 3.10. The summed E-state index contributed by atoms with van der Waals surface area (Å²) in [5.41, 5.74) is -0.852. The number of carbonyl (C=O) groups excluding carboxylic acids is 1. The zero-order valence-electron chi connectivity index (χ0n) is 9.75. The molecule has 0 aliphatic heterocycles. The van der Waals surface area contributed by atoms with Gasteiger partial charge in [0.1, 0.15) is 0 Å². The summed E-state index contributed by atoms with van der Waals surface area (Å²) in [6.45, 7) is 0. The van der Waals surface area contributed by atoms with Gasteiger partial charge in [0, 0.05) is 36.4 Å². The van der Waals surface area contributed by atoms with Crippen LogP contribution in [-0.4, -0.2) is 24.8 Å². The third-order valence-electron chi connectivity index (χ3n) is 2.08. The predicted molar refractivity (Wildman–Crippen MR) is 66.3 cm³/mol. The van der Waals surface area contributed by atoms with Gasteiger partial charge in [0.15, 0.2) is 5.78 Å². The van der Waals surface area contributed by atoms with E-state index in [1.54, 1.807) is 19.0 Å². The van der Waals surface area contributed by atoms with Crippen LogP contribution in [-0.2, 0) is 6.18 Å². The number of rotatable bonds is 3. The van der Waals surface area contributed by atoms with Gasteiger partial charge in [-0.3, -0.25) is 4.79 Å². The number of hydrogen-bond donors (Lipinski definition) is 0. The summed E-state index contributed by atoms with van der Waals surface area (Å²) in [4.78, 5) is 13.3. The lowest BCUT2D eigenvalue weighted by Crippen LogP contribution is -2.08. The van der Waals surface area contributed by atoms with Crippen LogP contribution in [0.1, 0.15) is 15.9 Å². The van der Waals surface area contributed by atoms with E-state index in [2.05, 4.69) is 15.9 Å². The fourth-order valence-electron chi connectivity index (χ4n) is 1.21. The highest BCUT2D eigenvalue weighted by Gasteiger charge is 2.33. The standard InChI is InChI=1S/C12H11BrF3NO/c1-17(2)6-5-11(18)8-3-4-10(13)9(7-8)12(14,15)16/h3-7H,1-2H3. The first-order valence-electron chi connectivity index (χ1n) is 4.97. The zero-order chi connectivity index (χ0) is 13.9. The minimum absolute atomic E-state index is 0.00336. The maximum Gasteiger partial charge on any atom is 0.417 e. The minimum Gasteiger partial charge on any atom is -0.383 e. The van der Waals surface area contributed by atoms with E-state index in [1.807, 2.05) is 0 Å². The van der Waals surface area contributed by atoms with Crippen molar-refractivity contribution < 1.29 is 18.0 Å². The Labute approximate surface area is 111 Å². The molecular weight excluding hydrogens is 311 g/mol. The molecule has 0 aliphatic rings. The summed E-state index contributed by atoms with van der Waals surface area (Å²) >= 11 is 2.82. The van der Waals surface area contributed by atoms with Gasteiger partial charge in [-0.2, -0.15) is 13.2 Å². The highest BCUT2D eigenvalue weighted by molar-refractivity contribution is 9.10.